The summed E-state index contributed by atoms with van der Waals surface area (Å²) in [6.07, 6.45) is 1.60. The van der Waals surface area contributed by atoms with Crippen LogP contribution < -0.4 is 10.2 Å². The molecule has 110 valence electrons. The molecule has 0 spiro atoms. The summed E-state index contributed by atoms with van der Waals surface area (Å²) >= 11 is 1.47. The Balaban J connectivity index is 2.14. The highest BCUT2D eigenvalue weighted by Gasteiger charge is 2.12. The highest BCUT2D eigenvalue weighted by atomic mass is 32.1. The second kappa shape index (κ2) is 6.85. The van der Waals surface area contributed by atoms with Crippen LogP contribution in [0.3, 0.4) is 0 Å². The molecular weight excluding hydrogens is 290 g/mol. The van der Waals surface area contributed by atoms with Crippen LogP contribution in [0.4, 0.5) is 5.13 Å². The number of ether oxygens (including phenoxy) is 2. The number of thiazole rings is 1. The molecule has 1 heterocycles. The number of methoxy groups -OCH3 is 2. The predicted octanol–water partition coefficient (Wildman–Crippen LogP) is 2.69. The molecule has 0 fully saturated rings. The van der Waals surface area contributed by atoms with Crippen molar-refractivity contribution in [3.05, 3.63) is 40.4 Å². The van der Waals surface area contributed by atoms with Crippen LogP contribution in [0.15, 0.2) is 28.7 Å². The third-order valence-corrected chi connectivity index (χ3v) is 3.49. The van der Waals surface area contributed by atoms with Gasteiger partial charge in [0.05, 0.1) is 26.1 Å². The number of hydrogen-bond acceptors (Lipinski definition) is 7. The normalized spacial score (nSPS) is 10.6. The van der Waals surface area contributed by atoms with Crippen LogP contribution in [0, 0.1) is 6.92 Å². The number of hydrazone groups is 1. The van der Waals surface area contributed by atoms with Crippen molar-refractivity contribution in [1.82, 2.24) is 4.98 Å². The maximum Gasteiger partial charge on any atom is 0.341 e. The van der Waals surface area contributed by atoms with Gasteiger partial charge in [0.15, 0.2) is 0 Å². The van der Waals surface area contributed by atoms with Gasteiger partial charge in [-0.1, -0.05) is 0 Å². The van der Waals surface area contributed by atoms with Gasteiger partial charge in [0, 0.05) is 5.38 Å². The van der Waals surface area contributed by atoms with E-state index >= 15 is 0 Å². The van der Waals surface area contributed by atoms with E-state index in [4.69, 9.17) is 9.47 Å². The van der Waals surface area contributed by atoms with E-state index in [-0.39, 0.29) is 0 Å². The first kappa shape index (κ1) is 15.0. The van der Waals surface area contributed by atoms with E-state index in [0.717, 1.165) is 11.3 Å². The summed E-state index contributed by atoms with van der Waals surface area (Å²) in [7, 11) is 2.83. The minimum atomic E-state index is -0.453. The highest BCUT2D eigenvalue weighted by Crippen LogP contribution is 2.20. The number of carbonyl (C=O) groups excluding carboxylic acids is 1. The van der Waals surface area contributed by atoms with Crippen molar-refractivity contribution in [2.75, 3.05) is 19.6 Å². The molecule has 0 aliphatic carbocycles. The average Bonchev–Trinajstić information content (AvgIpc) is 2.91. The smallest absolute Gasteiger partial charge is 0.341 e. The van der Waals surface area contributed by atoms with Crippen LogP contribution >= 0.6 is 11.3 Å². The number of nitrogens with one attached hydrogen (secondary N) is 1. The number of esters is 1. The van der Waals surface area contributed by atoms with E-state index in [9.17, 15) is 4.79 Å². The van der Waals surface area contributed by atoms with E-state index in [1.807, 2.05) is 12.3 Å². The zero-order valence-electron chi connectivity index (χ0n) is 11.9. The van der Waals surface area contributed by atoms with Crippen LogP contribution in [-0.4, -0.2) is 31.4 Å². The van der Waals surface area contributed by atoms with Gasteiger partial charge < -0.3 is 9.47 Å². The summed E-state index contributed by atoms with van der Waals surface area (Å²) in [5.41, 5.74) is 4.88. The summed E-state index contributed by atoms with van der Waals surface area (Å²) in [5.74, 6) is 0.00751. The molecule has 0 unspecified atom stereocenters. The molecule has 21 heavy (non-hydrogen) atoms. The molecule has 1 aromatic carbocycles. The third-order valence-electron chi connectivity index (χ3n) is 2.62. The maximum absolute atomic E-state index is 11.7. The first-order chi connectivity index (χ1) is 10.1. The van der Waals surface area contributed by atoms with Crippen LogP contribution in [0.2, 0.25) is 0 Å². The van der Waals surface area contributed by atoms with Gasteiger partial charge in [0.1, 0.15) is 11.3 Å². The molecule has 0 aliphatic rings. The van der Waals surface area contributed by atoms with Crippen molar-refractivity contribution in [1.29, 1.82) is 0 Å². The van der Waals surface area contributed by atoms with Crippen molar-refractivity contribution in [2.24, 2.45) is 5.10 Å². The predicted molar refractivity (Wildman–Crippen MR) is 82.4 cm³/mol. The standard InChI is InChI=1S/C14H15N3O3S/c1-9-8-21-14(16-9)17-15-7-10-4-5-12(19-2)11(6-10)13(18)20-3/h4-8H,1-3H3,(H,16,17). The van der Waals surface area contributed by atoms with E-state index in [1.54, 1.807) is 24.4 Å². The molecule has 2 rings (SSSR count). The Morgan fingerprint density at radius 2 is 2.24 bits per heavy atom. The minimum Gasteiger partial charge on any atom is -0.496 e. The van der Waals surface area contributed by atoms with Gasteiger partial charge in [-0.3, -0.25) is 5.43 Å². The lowest BCUT2D eigenvalue weighted by molar-refractivity contribution is 0.0597. The molecule has 1 aromatic heterocycles. The van der Waals surface area contributed by atoms with Gasteiger partial charge in [-0.2, -0.15) is 5.10 Å². The zero-order valence-corrected chi connectivity index (χ0v) is 12.7. The molecule has 1 N–H and O–H groups in total. The monoisotopic (exact) mass is 305 g/mol. The fraction of sp³-hybridized carbons (Fsp3) is 0.214. The lowest BCUT2D eigenvalue weighted by Crippen LogP contribution is -2.05. The molecule has 0 amide bonds. The van der Waals surface area contributed by atoms with Crippen molar-refractivity contribution in [3.63, 3.8) is 0 Å². The number of carbonyl (C=O) groups is 1. The van der Waals surface area contributed by atoms with E-state index in [2.05, 4.69) is 15.5 Å². The Bertz CT molecular complexity index is 667. The number of hydrogen-bond donors (Lipinski definition) is 1. The van der Waals surface area contributed by atoms with Gasteiger partial charge >= 0.3 is 5.97 Å². The van der Waals surface area contributed by atoms with Crippen LogP contribution in [-0.2, 0) is 4.74 Å². The van der Waals surface area contributed by atoms with Crippen LogP contribution in [0.5, 0.6) is 5.75 Å². The first-order valence-corrected chi connectivity index (χ1v) is 6.99. The number of aromatic nitrogens is 1. The highest BCUT2D eigenvalue weighted by molar-refractivity contribution is 7.13. The zero-order chi connectivity index (χ0) is 15.2. The molecule has 0 atom stereocenters. The molecule has 7 heteroatoms. The number of anilines is 1. The first-order valence-electron chi connectivity index (χ1n) is 6.11. The van der Waals surface area contributed by atoms with Crippen molar-refractivity contribution >= 4 is 28.7 Å². The van der Waals surface area contributed by atoms with E-state index in [1.165, 1.54) is 25.6 Å². The summed E-state index contributed by atoms with van der Waals surface area (Å²) < 4.78 is 9.85. The second-order valence-electron chi connectivity index (χ2n) is 4.12. The van der Waals surface area contributed by atoms with Gasteiger partial charge in [-0.25, -0.2) is 9.78 Å². The Hall–Kier alpha value is -2.41. The number of aryl methyl sites for hydroxylation is 1. The van der Waals surface area contributed by atoms with Crippen molar-refractivity contribution in [2.45, 2.75) is 6.92 Å². The molecule has 0 radical (unpaired) electrons. The van der Waals surface area contributed by atoms with E-state index < -0.39 is 5.97 Å². The molecule has 0 saturated carbocycles. The summed E-state index contributed by atoms with van der Waals surface area (Å²) in [6, 6.07) is 5.15. The Kier molecular flexibility index (Phi) is 4.89. The van der Waals surface area contributed by atoms with Gasteiger partial charge in [0.2, 0.25) is 5.13 Å². The van der Waals surface area contributed by atoms with Crippen molar-refractivity contribution in [3.8, 4) is 5.75 Å². The van der Waals surface area contributed by atoms with Gasteiger partial charge in [-0.15, -0.1) is 11.3 Å². The fourth-order valence-corrected chi connectivity index (χ4v) is 2.28. The second-order valence-corrected chi connectivity index (χ2v) is 4.97. The molecule has 2 aromatic rings. The number of rotatable bonds is 5. The Morgan fingerprint density at radius 1 is 1.43 bits per heavy atom. The SMILES string of the molecule is COC(=O)c1cc(C=NNc2nc(C)cs2)ccc1OC. The number of nitrogens with zero attached hydrogens (tertiary/aromatic N) is 2. The minimum absolute atomic E-state index is 0.356. The summed E-state index contributed by atoms with van der Waals surface area (Å²) in [6.45, 7) is 1.91. The van der Waals surface area contributed by atoms with Gasteiger partial charge in [0.25, 0.3) is 0 Å². The lowest BCUT2D eigenvalue weighted by atomic mass is 10.1. The Morgan fingerprint density at radius 3 is 2.86 bits per heavy atom. The molecule has 0 bridgehead atoms. The largest absolute Gasteiger partial charge is 0.496 e. The molecule has 6 nitrogen and oxygen atoms in total. The third kappa shape index (κ3) is 3.79. The average molecular weight is 305 g/mol. The topological polar surface area (TPSA) is 72.8 Å². The lowest BCUT2D eigenvalue weighted by Gasteiger charge is -2.07. The molecule has 0 aliphatic heterocycles. The summed E-state index contributed by atoms with van der Waals surface area (Å²) in [5, 5.41) is 6.73. The van der Waals surface area contributed by atoms with Gasteiger partial charge in [-0.05, 0) is 30.7 Å². The maximum atomic E-state index is 11.7. The fourth-order valence-electron chi connectivity index (χ4n) is 1.64. The van der Waals surface area contributed by atoms with E-state index in [0.29, 0.717) is 16.4 Å². The van der Waals surface area contributed by atoms with Crippen LogP contribution in [0.25, 0.3) is 0 Å². The molecule has 0 saturated heterocycles. The van der Waals surface area contributed by atoms with Crippen molar-refractivity contribution < 1.29 is 14.3 Å². The van der Waals surface area contributed by atoms with Crippen LogP contribution in [0.1, 0.15) is 21.6 Å². The quantitative estimate of drug-likeness (QED) is 0.522. The Labute approximate surface area is 126 Å². The summed E-state index contributed by atoms with van der Waals surface area (Å²) in [4.78, 5) is 15.9. The molecular formula is C14H15N3O3S. The number of benzene rings is 1.